The summed E-state index contributed by atoms with van der Waals surface area (Å²) in [7, 11) is -3.98. The number of hydrogen-bond donors (Lipinski definition) is 2. The van der Waals surface area contributed by atoms with E-state index in [9.17, 15) is 22.4 Å². The number of rotatable bonds is 6. The number of amides is 2. The normalized spacial score (nSPS) is 17.2. The molecule has 1 atom stereocenters. The minimum absolute atomic E-state index is 0.0664. The molecule has 11 heteroatoms. The first-order valence-electron chi connectivity index (χ1n) is 9.63. The third kappa shape index (κ3) is 5.63. The Bertz CT molecular complexity index is 1050. The number of nitrogens with zero attached hydrogens (tertiary/aromatic N) is 2. The minimum Gasteiger partial charge on any atom is -0.360 e. The zero-order valence-electron chi connectivity index (χ0n) is 16.9. The Morgan fingerprint density at radius 3 is 2.61 bits per heavy atom. The molecule has 2 amide bonds. The molecule has 0 spiro atoms. The predicted molar refractivity (Wildman–Crippen MR) is 108 cm³/mol. The first-order valence-corrected chi connectivity index (χ1v) is 11.1. The highest BCUT2D eigenvalue weighted by molar-refractivity contribution is 7.89. The maximum atomic E-state index is 13.5. The number of ether oxygens (including phenoxy) is 1. The highest BCUT2D eigenvalue weighted by Crippen LogP contribution is 2.23. The van der Waals surface area contributed by atoms with Gasteiger partial charge in [-0.25, -0.2) is 12.8 Å². The summed E-state index contributed by atoms with van der Waals surface area (Å²) in [4.78, 5) is 27.9. The standard InChI is InChI=1S/C20H23FN4O5S/c1-14-11-16(3-4-17(14)21)31(28,29)25-9-2-10-30-18(25)13-24-20(27)19(26)23-12-15-5-7-22-8-6-15/h3-8,11,18H,2,9-10,12-13H2,1H3,(H,23,26)(H,24,27)/t18-/m1/s1. The zero-order chi connectivity index (χ0) is 22.4. The van der Waals surface area contributed by atoms with Crippen LogP contribution in [0.5, 0.6) is 0 Å². The lowest BCUT2D eigenvalue weighted by Gasteiger charge is -2.34. The van der Waals surface area contributed by atoms with Crippen molar-refractivity contribution < 1.29 is 27.1 Å². The van der Waals surface area contributed by atoms with Crippen molar-refractivity contribution in [2.45, 2.75) is 31.0 Å². The highest BCUT2D eigenvalue weighted by Gasteiger charge is 2.35. The van der Waals surface area contributed by atoms with Crippen LogP contribution in [0.15, 0.2) is 47.6 Å². The topological polar surface area (TPSA) is 118 Å². The fourth-order valence-electron chi connectivity index (χ4n) is 3.04. The number of benzene rings is 1. The monoisotopic (exact) mass is 450 g/mol. The van der Waals surface area contributed by atoms with E-state index in [1.807, 2.05) is 0 Å². The van der Waals surface area contributed by atoms with E-state index in [1.165, 1.54) is 19.1 Å². The molecule has 0 unspecified atom stereocenters. The van der Waals surface area contributed by atoms with Gasteiger partial charge in [-0.3, -0.25) is 14.6 Å². The Morgan fingerprint density at radius 1 is 1.19 bits per heavy atom. The molecule has 0 radical (unpaired) electrons. The number of aromatic nitrogens is 1. The maximum Gasteiger partial charge on any atom is 0.309 e. The second-order valence-electron chi connectivity index (χ2n) is 6.95. The van der Waals surface area contributed by atoms with Crippen LogP contribution in [0.3, 0.4) is 0 Å². The van der Waals surface area contributed by atoms with Crippen LogP contribution in [-0.4, -0.2) is 55.4 Å². The minimum atomic E-state index is -3.98. The van der Waals surface area contributed by atoms with Gasteiger partial charge in [0.15, 0.2) is 0 Å². The summed E-state index contributed by atoms with van der Waals surface area (Å²) >= 11 is 0. The molecule has 0 bridgehead atoms. The second kappa shape index (κ2) is 9.94. The molecule has 1 saturated heterocycles. The van der Waals surface area contributed by atoms with Crippen LogP contribution in [0, 0.1) is 12.7 Å². The van der Waals surface area contributed by atoms with Crippen LogP contribution in [0.25, 0.3) is 0 Å². The van der Waals surface area contributed by atoms with Crippen molar-refractivity contribution in [3.05, 3.63) is 59.7 Å². The number of halogens is 1. The molecule has 3 rings (SSSR count). The molecule has 1 aromatic heterocycles. The van der Waals surface area contributed by atoms with Crippen LogP contribution in [-0.2, 0) is 30.9 Å². The number of sulfonamides is 1. The van der Waals surface area contributed by atoms with Crippen molar-refractivity contribution >= 4 is 21.8 Å². The van der Waals surface area contributed by atoms with Gasteiger partial charge in [0.2, 0.25) is 10.0 Å². The Hall–Kier alpha value is -2.89. The summed E-state index contributed by atoms with van der Waals surface area (Å²) < 4.78 is 46.2. The van der Waals surface area contributed by atoms with E-state index in [1.54, 1.807) is 24.5 Å². The van der Waals surface area contributed by atoms with Gasteiger partial charge in [0.05, 0.1) is 18.0 Å². The van der Waals surface area contributed by atoms with Crippen LogP contribution in [0.2, 0.25) is 0 Å². The van der Waals surface area contributed by atoms with E-state index in [4.69, 9.17) is 4.74 Å². The van der Waals surface area contributed by atoms with Gasteiger partial charge in [-0.05, 0) is 54.8 Å². The van der Waals surface area contributed by atoms with Gasteiger partial charge in [0, 0.05) is 25.5 Å². The molecule has 9 nitrogen and oxygen atoms in total. The number of pyridine rings is 1. The molecule has 31 heavy (non-hydrogen) atoms. The molecule has 0 saturated carbocycles. The van der Waals surface area contributed by atoms with Crippen LogP contribution >= 0.6 is 0 Å². The number of aryl methyl sites for hydroxylation is 1. The summed E-state index contributed by atoms with van der Waals surface area (Å²) in [5, 5.41) is 4.89. The van der Waals surface area contributed by atoms with Crippen molar-refractivity contribution in [1.82, 2.24) is 19.9 Å². The Balaban J connectivity index is 1.62. The second-order valence-corrected chi connectivity index (χ2v) is 8.84. The van der Waals surface area contributed by atoms with E-state index >= 15 is 0 Å². The van der Waals surface area contributed by atoms with E-state index in [0.717, 1.165) is 15.9 Å². The summed E-state index contributed by atoms with van der Waals surface area (Å²) in [5.41, 5.74) is 0.980. The lowest BCUT2D eigenvalue weighted by Crippen LogP contribution is -2.53. The molecule has 1 fully saturated rings. The molecule has 1 aromatic carbocycles. The van der Waals surface area contributed by atoms with E-state index in [0.29, 0.717) is 13.0 Å². The van der Waals surface area contributed by atoms with Gasteiger partial charge in [-0.2, -0.15) is 4.31 Å². The van der Waals surface area contributed by atoms with Crippen molar-refractivity contribution in [1.29, 1.82) is 0 Å². The first-order chi connectivity index (χ1) is 14.8. The summed E-state index contributed by atoms with van der Waals surface area (Å²) in [6, 6.07) is 6.94. The van der Waals surface area contributed by atoms with Gasteiger partial charge >= 0.3 is 11.8 Å². The third-order valence-corrected chi connectivity index (χ3v) is 6.62. The lowest BCUT2D eigenvalue weighted by molar-refractivity contribution is -0.140. The average molecular weight is 450 g/mol. The van der Waals surface area contributed by atoms with Gasteiger partial charge in [0.1, 0.15) is 12.0 Å². The smallest absolute Gasteiger partial charge is 0.309 e. The summed E-state index contributed by atoms with van der Waals surface area (Å²) in [5.74, 6) is -2.26. The Labute approximate surface area is 179 Å². The van der Waals surface area contributed by atoms with Crippen LogP contribution in [0.1, 0.15) is 17.5 Å². The molecule has 166 valence electrons. The van der Waals surface area contributed by atoms with Gasteiger partial charge in [-0.15, -0.1) is 0 Å². The van der Waals surface area contributed by atoms with Gasteiger partial charge in [0.25, 0.3) is 0 Å². The third-order valence-electron chi connectivity index (χ3n) is 4.74. The van der Waals surface area contributed by atoms with Crippen molar-refractivity contribution in [3.8, 4) is 0 Å². The van der Waals surface area contributed by atoms with E-state index in [2.05, 4.69) is 15.6 Å². The van der Waals surface area contributed by atoms with Crippen molar-refractivity contribution in [2.75, 3.05) is 19.7 Å². The summed E-state index contributed by atoms with van der Waals surface area (Å²) in [6.07, 6.45) is 2.62. The molecule has 2 heterocycles. The molecular weight excluding hydrogens is 427 g/mol. The molecule has 1 aliphatic heterocycles. The quantitative estimate of drug-likeness (QED) is 0.626. The predicted octanol–water partition coefficient (Wildman–Crippen LogP) is 0.699. The van der Waals surface area contributed by atoms with Crippen molar-refractivity contribution in [2.24, 2.45) is 0 Å². The highest BCUT2D eigenvalue weighted by atomic mass is 32.2. The molecule has 2 aromatic rings. The number of carbonyl (C=O) groups is 2. The fourth-order valence-corrected chi connectivity index (χ4v) is 4.69. The maximum absolute atomic E-state index is 13.5. The molecule has 0 aliphatic carbocycles. The van der Waals surface area contributed by atoms with Crippen LogP contribution < -0.4 is 10.6 Å². The average Bonchev–Trinajstić information content (AvgIpc) is 2.78. The van der Waals surface area contributed by atoms with Gasteiger partial charge < -0.3 is 15.4 Å². The molecule has 2 N–H and O–H groups in total. The van der Waals surface area contributed by atoms with E-state index < -0.39 is 33.9 Å². The Kier molecular flexibility index (Phi) is 7.31. The lowest BCUT2D eigenvalue weighted by atomic mass is 10.2. The number of nitrogens with one attached hydrogen (secondary N) is 2. The Morgan fingerprint density at radius 2 is 1.90 bits per heavy atom. The van der Waals surface area contributed by atoms with E-state index in [-0.39, 0.29) is 30.1 Å². The molecule has 1 aliphatic rings. The largest absolute Gasteiger partial charge is 0.360 e. The fraction of sp³-hybridized carbons (Fsp3) is 0.350. The van der Waals surface area contributed by atoms with Crippen LogP contribution in [0.4, 0.5) is 4.39 Å². The number of carbonyl (C=O) groups excluding carboxylic acids is 2. The SMILES string of the molecule is Cc1cc(S(=O)(=O)N2CCCO[C@@H]2CNC(=O)C(=O)NCc2ccncc2)ccc1F. The zero-order valence-corrected chi connectivity index (χ0v) is 17.7. The number of hydrogen-bond acceptors (Lipinski definition) is 6. The first kappa shape index (κ1) is 22.8. The summed E-state index contributed by atoms with van der Waals surface area (Å²) in [6.45, 7) is 1.90. The van der Waals surface area contributed by atoms with Crippen molar-refractivity contribution in [3.63, 3.8) is 0 Å². The van der Waals surface area contributed by atoms with Gasteiger partial charge in [-0.1, -0.05) is 0 Å². The molecular formula is C20H23FN4O5S.